The number of nitrogens with one attached hydrogen (secondary N) is 1. The molecule has 10 heteroatoms. The summed E-state index contributed by atoms with van der Waals surface area (Å²) in [6.45, 7) is 0.240. The molecule has 4 aromatic rings. The predicted molar refractivity (Wildman–Crippen MR) is 98.1 cm³/mol. The monoisotopic (exact) mass is 389 g/mol. The lowest BCUT2D eigenvalue weighted by Crippen LogP contribution is -2.04. The van der Waals surface area contributed by atoms with E-state index >= 15 is 0 Å². The van der Waals surface area contributed by atoms with E-state index in [1.165, 1.54) is 17.4 Å². The number of benzene rings is 1. The molecule has 26 heavy (non-hydrogen) atoms. The van der Waals surface area contributed by atoms with Gasteiger partial charge in [-0.2, -0.15) is 10.2 Å². The van der Waals surface area contributed by atoms with Crippen LogP contribution in [0.25, 0.3) is 10.6 Å². The zero-order chi connectivity index (χ0) is 18.1. The molecule has 132 valence electrons. The number of aromatic nitrogens is 6. The average Bonchev–Trinajstić information content (AvgIpc) is 3.33. The minimum Gasteiger partial charge on any atom is -0.313 e. The third-order valence-corrected chi connectivity index (χ3v) is 4.88. The third-order valence-electron chi connectivity index (χ3n) is 3.63. The van der Waals surface area contributed by atoms with Crippen LogP contribution in [0.3, 0.4) is 0 Å². The molecule has 0 amide bonds. The summed E-state index contributed by atoms with van der Waals surface area (Å²) in [7, 11) is 1.85. The summed E-state index contributed by atoms with van der Waals surface area (Å²) in [5.74, 6) is 0.235. The quantitative estimate of drug-likeness (QED) is 0.563. The molecule has 0 atom stereocenters. The zero-order valence-corrected chi connectivity index (χ0v) is 15.2. The number of aryl methyl sites for hydroxylation is 1. The van der Waals surface area contributed by atoms with Crippen LogP contribution in [-0.2, 0) is 13.6 Å². The van der Waals surface area contributed by atoms with Crippen molar-refractivity contribution < 1.29 is 4.39 Å². The van der Waals surface area contributed by atoms with Crippen molar-refractivity contribution in [1.29, 1.82) is 0 Å². The smallest absolute Gasteiger partial charge is 0.211 e. The zero-order valence-electron chi connectivity index (χ0n) is 13.6. The second-order valence-corrected chi connectivity index (χ2v) is 6.92. The van der Waals surface area contributed by atoms with E-state index in [2.05, 4.69) is 25.7 Å². The van der Waals surface area contributed by atoms with Crippen molar-refractivity contribution in [3.8, 4) is 10.6 Å². The number of nitrogens with zero attached hydrogens (tertiary/aromatic N) is 6. The molecule has 0 spiro atoms. The lowest BCUT2D eigenvalue weighted by atomic mass is 10.2. The Morgan fingerprint density at radius 1 is 1.27 bits per heavy atom. The van der Waals surface area contributed by atoms with E-state index in [1.54, 1.807) is 40.0 Å². The molecule has 0 aliphatic carbocycles. The van der Waals surface area contributed by atoms with E-state index in [9.17, 15) is 4.39 Å². The number of halogens is 2. The highest BCUT2D eigenvalue weighted by atomic mass is 35.5. The fraction of sp³-hybridized carbons (Fsp3) is 0.125. The van der Waals surface area contributed by atoms with E-state index in [-0.39, 0.29) is 12.4 Å². The largest absolute Gasteiger partial charge is 0.313 e. The van der Waals surface area contributed by atoms with Crippen molar-refractivity contribution in [3.05, 3.63) is 59.3 Å². The Hall–Kier alpha value is -2.78. The summed E-state index contributed by atoms with van der Waals surface area (Å²) in [5, 5.41) is 21.6. The summed E-state index contributed by atoms with van der Waals surface area (Å²) in [5.41, 5.74) is 1.30. The molecule has 4 rings (SSSR count). The number of anilines is 2. The minimum atomic E-state index is -0.354. The van der Waals surface area contributed by atoms with E-state index in [1.807, 2.05) is 13.2 Å². The normalized spacial score (nSPS) is 11.0. The molecule has 3 heterocycles. The van der Waals surface area contributed by atoms with E-state index in [0.29, 0.717) is 21.5 Å². The van der Waals surface area contributed by atoms with Crippen LogP contribution in [0.4, 0.5) is 15.3 Å². The molecular formula is C16H13ClFN7S. The van der Waals surface area contributed by atoms with Crippen molar-refractivity contribution in [1.82, 2.24) is 29.8 Å². The van der Waals surface area contributed by atoms with Crippen LogP contribution in [0.1, 0.15) is 5.56 Å². The first-order valence-electron chi connectivity index (χ1n) is 7.64. The molecule has 0 bridgehead atoms. The minimum absolute atomic E-state index is 0.240. The van der Waals surface area contributed by atoms with Gasteiger partial charge in [0, 0.05) is 36.1 Å². The van der Waals surface area contributed by atoms with Gasteiger partial charge in [-0.3, -0.25) is 9.36 Å². The van der Waals surface area contributed by atoms with Gasteiger partial charge in [0.1, 0.15) is 5.82 Å². The molecule has 7 nitrogen and oxygen atoms in total. The Balaban J connectivity index is 1.48. The van der Waals surface area contributed by atoms with Crippen molar-refractivity contribution in [3.63, 3.8) is 0 Å². The first-order valence-corrected chi connectivity index (χ1v) is 8.84. The van der Waals surface area contributed by atoms with Gasteiger partial charge in [0.15, 0.2) is 10.8 Å². The van der Waals surface area contributed by atoms with Crippen LogP contribution < -0.4 is 5.32 Å². The van der Waals surface area contributed by atoms with Crippen LogP contribution in [0.5, 0.6) is 0 Å². The lowest BCUT2D eigenvalue weighted by molar-refractivity contribution is 0.586. The number of hydrogen-bond donors (Lipinski definition) is 1. The van der Waals surface area contributed by atoms with Gasteiger partial charge in [0.05, 0.1) is 18.3 Å². The van der Waals surface area contributed by atoms with E-state index < -0.39 is 0 Å². The summed E-state index contributed by atoms with van der Waals surface area (Å²) >= 11 is 7.45. The Labute approximate surface area is 157 Å². The first-order chi connectivity index (χ1) is 12.6. The molecule has 3 aromatic heterocycles. The van der Waals surface area contributed by atoms with Crippen LogP contribution in [0.2, 0.25) is 5.02 Å². The molecule has 1 N–H and O–H groups in total. The van der Waals surface area contributed by atoms with Gasteiger partial charge < -0.3 is 5.32 Å². The SMILES string of the molecule is Cn1cc(-c2nnc(Nc3ccn(Cc4c(F)cccc4Cl)n3)s2)cn1. The highest BCUT2D eigenvalue weighted by Gasteiger charge is 2.11. The maximum Gasteiger partial charge on any atom is 0.211 e. The highest BCUT2D eigenvalue weighted by molar-refractivity contribution is 7.18. The van der Waals surface area contributed by atoms with Crippen molar-refractivity contribution in [2.24, 2.45) is 7.05 Å². The Morgan fingerprint density at radius 3 is 2.92 bits per heavy atom. The maximum atomic E-state index is 13.9. The molecular weight excluding hydrogens is 377 g/mol. The van der Waals surface area contributed by atoms with E-state index in [4.69, 9.17) is 11.6 Å². The van der Waals surface area contributed by atoms with Gasteiger partial charge >= 0.3 is 0 Å². The van der Waals surface area contributed by atoms with Gasteiger partial charge in [0.2, 0.25) is 5.13 Å². The summed E-state index contributed by atoms with van der Waals surface area (Å²) in [6, 6.07) is 6.39. The van der Waals surface area contributed by atoms with Gasteiger partial charge in [-0.1, -0.05) is 29.0 Å². The van der Waals surface area contributed by atoms with Crippen molar-refractivity contribution in [2.75, 3.05) is 5.32 Å². The molecule has 0 fully saturated rings. The van der Waals surface area contributed by atoms with Crippen molar-refractivity contribution in [2.45, 2.75) is 6.54 Å². The first kappa shape index (κ1) is 16.7. The number of hydrogen-bond acceptors (Lipinski definition) is 6. The fourth-order valence-electron chi connectivity index (χ4n) is 2.39. The molecule has 0 radical (unpaired) electrons. The van der Waals surface area contributed by atoms with Crippen molar-refractivity contribution >= 4 is 33.9 Å². The molecule has 0 aliphatic rings. The Bertz CT molecular complexity index is 1030. The molecule has 1 aromatic carbocycles. The fourth-order valence-corrected chi connectivity index (χ4v) is 3.34. The molecule has 0 saturated carbocycles. The summed E-state index contributed by atoms with van der Waals surface area (Å²) in [4.78, 5) is 0. The highest BCUT2D eigenvalue weighted by Crippen LogP contribution is 2.27. The van der Waals surface area contributed by atoms with Crippen LogP contribution in [0, 0.1) is 5.82 Å². The van der Waals surface area contributed by atoms with Crippen LogP contribution >= 0.6 is 22.9 Å². The van der Waals surface area contributed by atoms with Gasteiger partial charge in [-0.15, -0.1) is 10.2 Å². The maximum absolute atomic E-state index is 13.9. The Kier molecular flexibility index (Phi) is 4.39. The average molecular weight is 390 g/mol. The second kappa shape index (κ2) is 6.85. The Morgan fingerprint density at radius 2 is 2.15 bits per heavy atom. The topological polar surface area (TPSA) is 73.5 Å². The van der Waals surface area contributed by atoms with Crippen LogP contribution in [0.15, 0.2) is 42.9 Å². The van der Waals surface area contributed by atoms with Crippen LogP contribution in [-0.4, -0.2) is 29.8 Å². The predicted octanol–water partition coefficient (Wildman–Crippen LogP) is 3.72. The number of rotatable bonds is 5. The lowest BCUT2D eigenvalue weighted by Gasteiger charge is -2.05. The third kappa shape index (κ3) is 3.44. The molecule has 0 saturated heterocycles. The summed E-state index contributed by atoms with van der Waals surface area (Å²) in [6.07, 6.45) is 5.35. The van der Waals surface area contributed by atoms with Gasteiger partial charge in [0.25, 0.3) is 0 Å². The standard InChI is InChI=1S/C16H13ClFN7S/c1-24-8-10(7-19-24)15-21-22-16(26-15)20-14-5-6-25(23-14)9-11-12(17)3-2-4-13(11)18/h2-8H,9H2,1H3,(H,20,22,23). The molecule has 0 aliphatic heterocycles. The molecule has 0 unspecified atom stereocenters. The van der Waals surface area contributed by atoms with E-state index in [0.717, 1.165) is 10.6 Å². The second-order valence-electron chi connectivity index (χ2n) is 5.54. The summed E-state index contributed by atoms with van der Waals surface area (Å²) < 4.78 is 17.2. The van der Waals surface area contributed by atoms with Gasteiger partial charge in [-0.05, 0) is 12.1 Å². The van der Waals surface area contributed by atoms with Gasteiger partial charge in [-0.25, -0.2) is 4.39 Å².